The average Bonchev–Trinajstić information content (AvgIpc) is 2.96. The maximum absolute atomic E-state index is 10.8. The molecular formula is C17H15ClN2O3. The van der Waals surface area contributed by atoms with Crippen LogP contribution in [0.2, 0.25) is 5.02 Å². The number of methoxy groups -OCH3 is 1. The van der Waals surface area contributed by atoms with Crippen molar-refractivity contribution >= 4 is 34.2 Å². The first-order chi connectivity index (χ1) is 11.1. The molecule has 3 aromatic rings. The van der Waals surface area contributed by atoms with Crippen molar-refractivity contribution in [2.24, 2.45) is 0 Å². The Labute approximate surface area is 138 Å². The number of anilines is 1. The number of halogens is 1. The number of ether oxygens (including phenoxy) is 1. The van der Waals surface area contributed by atoms with Gasteiger partial charge in [0.25, 0.3) is 0 Å². The summed E-state index contributed by atoms with van der Waals surface area (Å²) in [6, 6.07) is 13.1. The topological polar surface area (TPSA) is 63.5 Å². The number of hydrogen-bond donors (Lipinski definition) is 2. The Morgan fingerprint density at radius 2 is 2.09 bits per heavy atom. The number of hydrogen-bond acceptors (Lipinski definition) is 3. The number of carboxylic acid groups (broad SMARTS) is 1. The highest BCUT2D eigenvalue weighted by molar-refractivity contribution is 6.30. The normalized spacial score (nSPS) is 10.7. The van der Waals surface area contributed by atoms with E-state index in [9.17, 15) is 4.79 Å². The highest BCUT2D eigenvalue weighted by atomic mass is 35.5. The third-order valence-electron chi connectivity index (χ3n) is 3.55. The van der Waals surface area contributed by atoms with E-state index < -0.39 is 5.97 Å². The Morgan fingerprint density at radius 1 is 1.26 bits per heavy atom. The van der Waals surface area contributed by atoms with Crippen LogP contribution in [0.25, 0.3) is 16.6 Å². The Kier molecular flexibility index (Phi) is 4.12. The van der Waals surface area contributed by atoms with Crippen LogP contribution < -0.4 is 10.1 Å². The fourth-order valence-electron chi connectivity index (χ4n) is 2.48. The molecule has 5 nitrogen and oxygen atoms in total. The predicted octanol–water partition coefficient (Wildman–Crippen LogP) is 3.79. The van der Waals surface area contributed by atoms with E-state index in [4.69, 9.17) is 21.4 Å². The summed E-state index contributed by atoms with van der Waals surface area (Å²) in [5.74, 6) is -0.140. The van der Waals surface area contributed by atoms with Crippen LogP contribution in [0.4, 0.5) is 5.69 Å². The van der Waals surface area contributed by atoms with Crippen LogP contribution in [0, 0.1) is 0 Å². The van der Waals surface area contributed by atoms with Gasteiger partial charge in [-0.15, -0.1) is 0 Å². The largest absolute Gasteiger partial charge is 0.497 e. The summed E-state index contributed by atoms with van der Waals surface area (Å²) >= 11 is 6.12. The van der Waals surface area contributed by atoms with Crippen molar-refractivity contribution in [3.05, 3.63) is 53.7 Å². The number of carboxylic acids is 1. The fourth-order valence-corrected chi connectivity index (χ4v) is 2.65. The third-order valence-corrected chi connectivity index (χ3v) is 3.78. The number of nitrogens with zero attached hydrogens (tertiary/aromatic N) is 1. The van der Waals surface area contributed by atoms with Gasteiger partial charge in [0, 0.05) is 16.6 Å². The Balaban J connectivity index is 2.10. The lowest BCUT2D eigenvalue weighted by Gasteiger charge is -2.13. The summed E-state index contributed by atoms with van der Waals surface area (Å²) in [5.41, 5.74) is 2.47. The molecule has 0 aliphatic rings. The van der Waals surface area contributed by atoms with Gasteiger partial charge in [-0.05, 0) is 42.5 Å². The van der Waals surface area contributed by atoms with Crippen LogP contribution in [-0.2, 0) is 4.79 Å². The number of nitrogens with one attached hydrogen (secondary N) is 1. The molecule has 0 amide bonds. The molecule has 0 atom stereocenters. The molecule has 0 fully saturated rings. The van der Waals surface area contributed by atoms with Gasteiger partial charge in [0.15, 0.2) is 0 Å². The van der Waals surface area contributed by atoms with Crippen molar-refractivity contribution in [1.82, 2.24) is 4.57 Å². The van der Waals surface area contributed by atoms with Crippen molar-refractivity contribution in [2.75, 3.05) is 19.0 Å². The summed E-state index contributed by atoms with van der Waals surface area (Å²) in [4.78, 5) is 10.8. The van der Waals surface area contributed by atoms with Gasteiger partial charge in [0.05, 0.1) is 24.0 Å². The van der Waals surface area contributed by atoms with E-state index in [-0.39, 0.29) is 6.54 Å². The van der Waals surface area contributed by atoms with Crippen molar-refractivity contribution in [3.63, 3.8) is 0 Å². The Hall–Kier alpha value is -2.66. The van der Waals surface area contributed by atoms with Gasteiger partial charge in [-0.2, -0.15) is 0 Å². The molecule has 0 aliphatic heterocycles. The number of aromatic nitrogens is 1. The second-order valence-electron chi connectivity index (χ2n) is 5.02. The van der Waals surface area contributed by atoms with E-state index in [1.807, 2.05) is 35.0 Å². The summed E-state index contributed by atoms with van der Waals surface area (Å²) < 4.78 is 7.20. The second kappa shape index (κ2) is 6.22. The number of rotatable bonds is 5. The van der Waals surface area contributed by atoms with E-state index in [1.54, 1.807) is 25.3 Å². The summed E-state index contributed by atoms with van der Waals surface area (Å²) in [6.45, 7) is -0.165. The standard InChI is InChI=1S/C17H15ClN2O3/c1-23-13-3-5-15-11(8-13)6-7-20(15)16-9-12(18)2-4-14(16)19-10-17(21)22/h2-9,19H,10H2,1H3,(H,21,22). The molecule has 0 spiro atoms. The molecule has 2 aromatic carbocycles. The number of aliphatic carboxylic acids is 1. The lowest BCUT2D eigenvalue weighted by molar-refractivity contribution is -0.134. The monoisotopic (exact) mass is 330 g/mol. The van der Waals surface area contributed by atoms with Gasteiger partial charge in [-0.25, -0.2) is 0 Å². The van der Waals surface area contributed by atoms with Crippen LogP contribution in [0.15, 0.2) is 48.7 Å². The van der Waals surface area contributed by atoms with Crippen molar-refractivity contribution in [3.8, 4) is 11.4 Å². The highest BCUT2D eigenvalue weighted by Gasteiger charge is 2.10. The van der Waals surface area contributed by atoms with Gasteiger partial charge < -0.3 is 19.7 Å². The Bertz CT molecular complexity index is 873. The summed E-state index contributed by atoms with van der Waals surface area (Å²) in [5, 5.41) is 13.4. The second-order valence-corrected chi connectivity index (χ2v) is 5.46. The van der Waals surface area contributed by atoms with Crippen molar-refractivity contribution in [2.45, 2.75) is 0 Å². The molecule has 0 bridgehead atoms. The van der Waals surface area contributed by atoms with E-state index in [2.05, 4.69) is 5.32 Å². The van der Waals surface area contributed by atoms with Crippen LogP contribution in [0.1, 0.15) is 0 Å². The maximum atomic E-state index is 10.8. The van der Waals surface area contributed by atoms with Gasteiger partial charge in [0.2, 0.25) is 0 Å². The number of benzene rings is 2. The van der Waals surface area contributed by atoms with Gasteiger partial charge >= 0.3 is 5.97 Å². The molecule has 118 valence electrons. The maximum Gasteiger partial charge on any atom is 0.322 e. The first-order valence-electron chi connectivity index (χ1n) is 6.99. The summed E-state index contributed by atoms with van der Waals surface area (Å²) in [7, 11) is 1.63. The zero-order valence-electron chi connectivity index (χ0n) is 12.4. The van der Waals surface area contributed by atoms with Gasteiger partial charge in [-0.1, -0.05) is 11.6 Å². The molecule has 6 heteroatoms. The molecule has 1 heterocycles. The fraction of sp³-hybridized carbons (Fsp3) is 0.118. The molecule has 0 radical (unpaired) electrons. The Morgan fingerprint density at radius 3 is 2.83 bits per heavy atom. The lowest BCUT2D eigenvalue weighted by Crippen LogP contribution is -2.13. The molecule has 2 N–H and O–H groups in total. The van der Waals surface area contributed by atoms with E-state index in [1.165, 1.54) is 0 Å². The molecule has 0 unspecified atom stereocenters. The SMILES string of the molecule is COc1ccc2c(ccn2-c2cc(Cl)ccc2NCC(=O)O)c1. The molecule has 0 saturated heterocycles. The minimum atomic E-state index is -0.923. The van der Waals surface area contributed by atoms with Crippen molar-refractivity contribution in [1.29, 1.82) is 0 Å². The first kappa shape index (κ1) is 15.2. The van der Waals surface area contributed by atoms with E-state index >= 15 is 0 Å². The molecule has 3 rings (SSSR count). The smallest absolute Gasteiger partial charge is 0.322 e. The third kappa shape index (κ3) is 3.10. The van der Waals surface area contributed by atoms with Gasteiger partial charge in [0.1, 0.15) is 12.3 Å². The predicted molar refractivity (Wildman–Crippen MR) is 91.0 cm³/mol. The zero-order valence-corrected chi connectivity index (χ0v) is 13.2. The average molecular weight is 331 g/mol. The molecule has 0 saturated carbocycles. The number of fused-ring (bicyclic) bond motifs is 1. The minimum absolute atomic E-state index is 0.165. The van der Waals surface area contributed by atoms with Crippen LogP contribution in [0.5, 0.6) is 5.75 Å². The van der Waals surface area contributed by atoms with E-state index in [0.29, 0.717) is 10.7 Å². The summed E-state index contributed by atoms with van der Waals surface area (Å²) in [6.07, 6.45) is 1.92. The van der Waals surface area contributed by atoms with Crippen LogP contribution >= 0.6 is 11.6 Å². The zero-order chi connectivity index (χ0) is 16.4. The number of carbonyl (C=O) groups is 1. The molecular weight excluding hydrogens is 316 g/mol. The van der Waals surface area contributed by atoms with Gasteiger partial charge in [-0.3, -0.25) is 4.79 Å². The van der Waals surface area contributed by atoms with Crippen molar-refractivity contribution < 1.29 is 14.6 Å². The molecule has 0 aliphatic carbocycles. The molecule has 1 aromatic heterocycles. The quantitative estimate of drug-likeness (QED) is 0.747. The lowest BCUT2D eigenvalue weighted by atomic mass is 10.2. The minimum Gasteiger partial charge on any atom is -0.497 e. The van der Waals surface area contributed by atoms with Crippen LogP contribution in [0.3, 0.4) is 0 Å². The van der Waals surface area contributed by atoms with Crippen LogP contribution in [-0.4, -0.2) is 29.3 Å². The molecule has 23 heavy (non-hydrogen) atoms. The highest BCUT2D eigenvalue weighted by Crippen LogP contribution is 2.30. The van der Waals surface area contributed by atoms with E-state index in [0.717, 1.165) is 22.3 Å². The first-order valence-corrected chi connectivity index (χ1v) is 7.37.